The summed E-state index contributed by atoms with van der Waals surface area (Å²) in [5.41, 5.74) is -1.28. The number of methoxy groups -OCH3 is 1. The Morgan fingerprint density at radius 1 is 1.22 bits per heavy atom. The van der Waals surface area contributed by atoms with E-state index in [4.69, 9.17) is 32.7 Å². The number of nitrogens with zero attached hydrogens (tertiary/aromatic N) is 2. The van der Waals surface area contributed by atoms with Crippen LogP contribution in [0.4, 0.5) is 13.2 Å². The number of carbonyl (C=O) groups is 1. The van der Waals surface area contributed by atoms with Gasteiger partial charge in [0.25, 0.3) is 0 Å². The molecule has 1 heterocycles. The largest absolute Gasteiger partial charge is 0.477 e. The van der Waals surface area contributed by atoms with Gasteiger partial charge in [-0.15, -0.1) is 0 Å². The zero-order valence-corrected chi connectivity index (χ0v) is 16.2. The highest BCUT2D eigenvalue weighted by molar-refractivity contribution is 6.36. The molecule has 0 radical (unpaired) electrons. The molecule has 0 N–H and O–H groups in total. The zero-order chi connectivity index (χ0) is 20.5. The first kappa shape index (κ1) is 21.2. The Morgan fingerprint density at radius 3 is 2.33 bits per heavy atom. The molecule has 1 atom stereocenters. The Kier molecular flexibility index (Phi) is 6.16. The molecule has 0 unspecified atom stereocenters. The maximum atomic E-state index is 13.0. The van der Waals surface area contributed by atoms with Gasteiger partial charge in [-0.05, 0) is 19.9 Å². The Bertz CT molecular complexity index is 868. The number of benzene rings is 1. The smallest absolute Gasteiger partial charge is 0.435 e. The number of aromatic nitrogens is 2. The van der Waals surface area contributed by atoms with Crippen LogP contribution >= 0.6 is 23.2 Å². The summed E-state index contributed by atoms with van der Waals surface area (Å²) in [7, 11) is 2.50. The predicted molar refractivity (Wildman–Crippen MR) is 91.6 cm³/mol. The third-order valence-corrected chi connectivity index (χ3v) is 4.11. The molecule has 27 heavy (non-hydrogen) atoms. The van der Waals surface area contributed by atoms with Crippen molar-refractivity contribution in [2.45, 2.75) is 26.1 Å². The lowest BCUT2D eigenvalue weighted by atomic mass is 10.2. The van der Waals surface area contributed by atoms with Gasteiger partial charge in [0.2, 0.25) is 5.88 Å². The molecule has 0 aliphatic rings. The molecule has 1 aromatic heterocycles. The molecular formula is C16H15Cl2F3N2O4. The highest BCUT2D eigenvalue weighted by atomic mass is 35.5. The number of carbonyl (C=O) groups excluding carboxylic acids is 1. The molecule has 1 aromatic carbocycles. The standard InChI is InChI=1S/C16H15Cl2F3N2O4/c1-7-13(16(19,20)21)22-23(3)14(7)27-12-6-11(9(17)5-10(12)18)26-8(2)15(24)25-4/h5-6,8H,1-4H3/t8-/m0/s1. The fourth-order valence-electron chi connectivity index (χ4n) is 2.21. The van der Waals surface area contributed by atoms with Crippen LogP contribution < -0.4 is 9.47 Å². The van der Waals surface area contributed by atoms with Crippen LogP contribution in [-0.2, 0) is 22.8 Å². The molecule has 148 valence electrons. The molecule has 0 aliphatic carbocycles. The van der Waals surface area contributed by atoms with E-state index in [1.165, 1.54) is 40.1 Å². The molecular weight excluding hydrogens is 412 g/mol. The summed E-state index contributed by atoms with van der Waals surface area (Å²) < 4.78 is 55.4. The number of alkyl halides is 3. The van der Waals surface area contributed by atoms with Gasteiger partial charge in [0.1, 0.15) is 5.75 Å². The van der Waals surface area contributed by atoms with Crippen molar-refractivity contribution < 1.29 is 32.2 Å². The summed E-state index contributed by atoms with van der Waals surface area (Å²) >= 11 is 12.1. The minimum absolute atomic E-state index is 0.0204. The molecule has 0 amide bonds. The maximum Gasteiger partial charge on any atom is 0.435 e. The zero-order valence-electron chi connectivity index (χ0n) is 14.6. The summed E-state index contributed by atoms with van der Waals surface area (Å²) in [4.78, 5) is 11.5. The van der Waals surface area contributed by atoms with Gasteiger partial charge < -0.3 is 14.2 Å². The van der Waals surface area contributed by atoms with Gasteiger partial charge in [0.05, 0.1) is 17.2 Å². The van der Waals surface area contributed by atoms with E-state index in [1.54, 1.807) is 0 Å². The second-order valence-electron chi connectivity index (χ2n) is 5.50. The van der Waals surface area contributed by atoms with E-state index in [2.05, 4.69) is 9.84 Å². The first-order chi connectivity index (χ1) is 12.5. The SMILES string of the molecule is COC(=O)[C@H](C)Oc1cc(Oc2c(C)c(C(F)(F)F)nn2C)c(Cl)cc1Cl. The van der Waals surface area contributed by atoms with Crippen LogP contribution in [0.15, 0.2) is 12.1 Å². The lowest BCUT2D eigenvalue weighted by Crippen LogP contribution is -2.25. The number of aryl methyl sites for hydroxylation is 1. The third-order valence-electron chi connectivity index (χ3n) is 3.52. The minimum Gasteiger partial charge on any atom is -0.477 e. The maximum absolute atomic E-state index is 13.0. The van der Waals surface area contributed by atoms with Crippen LogP contribution in [-0.4, -0.2) is 29.0 Å². The van der Waals surface area contributed by atoms with Crippen molar-refractivity contribution in [3.05, 3.63) is 33.4 Å². The molecule has 0 saturated heterocycles. The first-order valence-corrected chi connectivity index (χ1v) is 8.23. The van der Waals surface area contributed by atoms with Crippen LogP contribution in [0.5, 0.6) is 17.4 Å². The second kappa shape index (κ2) is 7.85. The normalized spacial score (nSPS) is 12.6. The van der Waals surface area contributed by atoms with Crippen LogP contribution in [0.2, 0.25) is 10.0 Å². The van der Waals surface area contributed by atoms with Crippen LogP contribution in [0.3, 0.4) is 0 Å². The van der Waals surface area contributed by atoms with E-state index in [0.717, 1.165) is 4.68 Å². The molecule has 2 rings (SSSR count). The van der Waals surface area contributed by atoms with Crippen LogP contribution in [0.25, 0.3) is 0 Å². The van der Waals surface area contributed by atoms with Gasteiger partial charge in [-0.1, -0.05) is 23.2 Å². The molecule has 6 nitrogen and oxygen atoms in total. The van der Waals surface area contributed by atoms with E-state index in [0.29, 0.717) is 0 Å². The number of hydrogen-bond donors (Lipinski definition) is 0. The fourth-order valence-corrected chi connectivity index (χ4v) is 2.68. The lowest BCUT2D eigenvalue weighted by Gasteiger charge is -2.16. The van der Waals surface area contributed by atoms with Gasteiger partial charge in [0, 0.05) is 18.7 Å². The summed E-state index contributed by atoms with van der Waals surface area (Å²) in [6.07, 6.45) is -5.60. The summed E-state index contributed by atoms with van der Waals surface area (Å²) in [5.74, 6) is -0.767. The number of ether oxygens (including phenoxy) is 3. The van der Waals surface area contributed by atoms with Gasteiger partial charge in [-0.2, -0.15) is 18.3 Å². The molecule has 0 bridgehead atoms. The van der Waals surface area contributed by atoms with Crippen molar-refractivity contribution >= 4 is 29.2 Å². The monoisotopic (exact) mass is 426 g/mol. The fraction of sp³-hybridized carbons (Fsp3) is 0.375. The summed E-state index contributed by atoms with van der Waals surface area (Å²) in [5, 5.41) is 3.55. The molecule has 11 heteroatoms. The highest BCUT2D eigenvalue weighted by Crippen LogP contribution is 2.41. The number of hydrogen-bond acceptors (Lipinski definition) is 5. The van der Waals surface area contributed by atoms with Crippen molar-refractivity contribution in [3.63, 3.8) is 0 Å². The van der Waals surface area contributed by atoms with Crippen molar-refractivity contribution in [2.24, 2.45) is 7.05 Å². The van der Waals surface area contributed by atoms with Crippen molar-refractivity contribution in [3.8, 4) is 17.4 Å². The number of rotatable bonds is 5. The van der Waals surface area contributed by atoms with Gasteiger partial charge >= 0.3 is 12.1 Å². The Hall–Kier alpha value is -2.13. The first-order valence-electron chi connectivity index (χ1n) is 7.47. The molecule has 0 spiro atoms. The van der Waals surface area contributed by atoms with E-state index in [-0.39, 0.29) is 33.0 Å². The molecule has 0 saturated carbocycles. The third kappa shape index (κ3) is 4.59. The second-order valence-corrected chi connectivity index (χ2v) is 6.31. The molecule has 0 fully saturated rings. The van der Waals surface area contributed by atoms with Crippen LogP contribution in [0.1, 0.15) is 18.2 Å². The number of halogens is 5. The van der Waals surface area contributed by atoms with Gasteiger partial charge in [-0.3, -0.25) is 0 Å². The van der Waals surface area contributed by atoms with Gasteiger partial charge in [0.15, 0.2) is 17.5 Å². The number of esters is 1. The van der Waals surface area contributed by atoms with Crippen molar-refractivity contribution in [1.29, 1.82) is 0 Å². The predicted octanol–water partition coefficient (Wildman–Crippen LogP) is 4.79. The Morgan fingerprint density at radius 2 is 1.81 bits per heavy atom. The van der Waals surface area contributed by atoms with Gasteiger partial charge in [-0.25, -0.2) is 9.48 Å². The minimum atomic E-state index is -4.63. The average Bonchev–Trinajstić information content (AvgIpc) is 2.86. The summed E-state index contributed by atoms with van der Waals surface area (Å²) in [6, 6.07) is 2.55. The van der Waals surface area contributed by atoms with E-state index in [9.17, 15) is 18.0 Å². The lowest BCUT2D eigenvalue weighted by molar-refractivity contribution is -0.148. The Balaban J connectivity index is 2.39. The quantitative estimate of drug-likeness (QED) is 0.643. The Labute approximate surface area is 162 Å². The average molecular weight is 427 g/mol. The molecule has 0 aliphatic heterocycles. The van der Waals surface area contributed by atoms with E-state index < -0.39 is 23.9 Å². The topological polar surface area (TPSA) is 62.6 Å². The van der Waals surface area contributed by atoms with Crippen molar-refractivity contribution in [1.82, 2.24) is 9.78 Å². The van der Waals surface area contributed by atoms with Crippen LogP contribution in [0, 0.1) is 6.92 Å². The highest BCUT2D eigenvalue weighted by Gasteiger charge is 2.38. The van der Waals surface area contributed by atoms with Crippen molar-refractivity contribution in [2.75, 3.05) is 7.11 Å². The van der Waals surface area contributed by atoms with E-state index in [1.807, 2.05) is 0 Å². The molecule has 2 aromatic rings. The van der Waals surface area contributed by atoms with E-state index >= 15 is 0 Å². The summed E-state index contributed by atoms with van der Waals surface area (Å²) in [6.45, 7) is 2.67.